The van der Waals surface area contributed by atoms with E-state index >= 15 is 0 Å². The van der Waals surface area contributed by atoms with Gasteiger partial charge >= 0.3 is 0 Å². The van der Waals surface area contributed by atoms with Crippen LogP contribution in [0.25, 0.3) is 0 Å². The van der Waals surface area contributed by atoms with E-state index in [0.29, 0.717) is 11.8 Å². The molecule has 0 spiro atoms. The van der Waals surface area contributed by atoms with Crippen LogP contribution in [0, 0.1) is 11.8 Å². The van der Waals surface area contributed by atoms with E-state index in [1.165, 1.54) is 12.0 Å². The maximum atomic E-state index is 5.94. The van der Waals surface area contributed by atoms with Gasteiger partial charge in [-0.15, -0.1) is 0 Å². The number of allylic oxidation sites excluding steroid dienone is 4. The van der Waals surface area contributed by atoms with Crippen LogP contribution in [0.3, 0.4) is 0 Å². The van der Waals surface area contributed by atoms with Gasteiger partial charge in [-0.25, -0.2) is 0 Å². The van der Waals surface area contributed by atoms with Gasteiger partial charge < -0.3 is 0 Å². The summed E-state index contributed by atoms with van der Waals surface area (Å²) in [5, 5.41) is 0.910. The summed E-state index contributed by atoms with van der Waals surface area (Å²) in [6.07, 6.45) is 5.40. The molecule has 0 N–H and O–H groups in total. The molecule has 0 aromatic rings. The minimum atomic E-state index is 0.616. The first-order chi connectivity index (χ1) is 7.09. The summed E-state index contributed by atoms with van der Waals surface area (Å²) in [6, 6.07) is 0. The van der Waals surface area contributed by atoms with Crippen molar-refractivity contribution in [1.29, 1.82) is 0 Å². The van der Waals surface area contributed by atoms with Crippen molar-refractivity contribution in [2.75, 3.05) is 0 Å². The Morgan fingerprint density at radius 3 is 2.00 bits per heavy atom. The summed E-state index contributed by atoms with van der Waals surface area (Å²) in [6.45, 7) is 14.6. The molecule has 0 fully saturated rings. The van der Waals surface area contributed by atoms with Gasteiger partial charge in [0, 0.05) is 5.03 Å². The normalized spacial score (nSPS) is 19.1. The Kier molecular flexibility index (Phi) is 11.8. The molecule has 0 aliphatic heterocycles. The summed E-state index contributed by atoms with van der Waals surface area (Å²) in [7, 11) is 0. The van der Waals surface area contributed by atoms with Gasteiger partial charge in [-0.3, -0.25) is 0 Å². The van der Waals surface area contributed by atoms with Crippen molar-refractivity contribution in [3.05, 3.63) is 22.8 Å². The number of hydrogen-bond acceptors (Lipinski definition) is 0. The fourth-order valence-corrected chi connectivity index (χ4v) is 1.74. The Labute approximate surface area is 101 Å². The van der Waals surface area contributed by atoms with E-state index in [0.717, 1.165) is 5.03 Å². The zero-order valence-corrected chi connectivity index (χ0v) is 12.2. The average Bonchev–Trinajstić information content (AvgIpc) is 2.22. The Balaban J connectivity index is 0. The highest BCUT2D eigenvalue weighted by atomic mass is 35.5. The Hall–Kier alpha value is -0.230. The lowest BCUT2D eigenvalue weighted by Crippen LogP contribution is -2.04. The Morgan fingerprint density at radius 2 is 1.67 bits per heavy atom. The summed E-state index contributed by atoms with van der Waals surface area (Å²) >= 11 is 5.94. The lowest BCUT2D eigenvalue weighted by molar-refractivity contribution is 0.622. The number of rotatable bonds is 1. The van der Waals surface area contributed by atoms with Crippen LogP contribution in [-0.2, 0) is 0 Å². The molecule has 0 radical (unpaired) electrons. The van der Waals surface area contributed by atoms with Gasteiger partial charge in [0.1, 0.15) is 0 Å². The summed E-state index contributed by atoms with van der Waals surface area (Å²) in [4.78, 5) is 0. The smallest absolute Gasteiger partial charge is 0.0368 e. The first-order valence-corrected chi connectivity index (χ1v) is 6.55. The van der Waals surface area contributed by atoms with E-state index in [1.807, 2.05) is 27.7 Å². The molecule has 1 rings (SSSR count). The molecule has 0 heterocycles. The van der Waals surface area contributed by atoms with Crippen LogP contribution in [0.5, 0.6) is 0 Å². The van der Waals surface area contributed by atoms with E-state index < -0.39 is 0 Å². The van der Waals surface area contributed by atoms with Gasteiger partial charge in [0.2, 0.25) is 0 Å². The third kappa shape index (κ3) is 7.67. The third-order valence-corrected chi connectivity index (χ3v) is 2.30. The molecule has 0 saturated carbocycles. The molecule has 90 valence electrons. The topological polar surface area (TPSA) is 0 Å². The van der Waals surface area contributed by atoms with Crippen molar-refractivity contribution in [1.82, 2.24) is 0 Å². The molecule has 1 unspecified atom stereocenters. The van der Waals surface area contributed by atoms with Crippen molar-refractivity contribution in [3.63, 3.8) is 0 Å². The van der Waals surface area contributed by atoms with Crippen molar-refractivity contribution < 1.29 is 0 Å². The molecule has 0 aromatic heterocycles. The van der Waals surface area contributed by atoms with E-state index in [-0.39, 0.29) is 0 Å². The van der Waals surface area contributed by atoms with Crippen LogP contribution >= 0.6 is 11.6 Å². The number of halogens is 1. The Bertz CT molecular complexity index is 199. The van der Waals surface area contributed by atoms with Crippen LogP contribution in [0.2, 0.25) is 0 Å². The van der Waals surface area contributed by atoms with E-state index in [4.69, 9.17) is 11.6 Å². The van der Waals surface area contributed by atoms with Crippen LogP contribution in [0.15, 0.2) is 22.8 Å². The van der Waals surface area contributed by atoms with Gasteiger partial charge in [0.05, 0.1) is 0 Å². The second-order valence-corrected chi connectivity index (χ2v) is 4.04. The highest BCUT2D eigenvalue weighted by Gasteiger charge is 2.12. The summed E-state index contributed by atoms with van der Waals surface area (Å²) in [5.41, 5.74) is 1.48. The van der Waals surface area contributed by atoms with Crippen LogP contribution in [0.1, 0.15) is 54.9 Å². The standard InChI is InChI=1S/C10H15Cl.2C2H6/c1-7(2)9-4-8(3)5-10(11)6-9;2*1-2/h5-8H,4H2,1-3H3;2*1-2H3. The molecular weight excluding hydrogens is 204 g/mol. The van der Waals surface area contributed by atoms with Crippen molar-refractivity contribution in [2.24, 2.45) is 11.8 Å². The molecule has 1 heteroatoms. The molecule has 0 nitrogen and oxygen atoms in total. The minimum absolute atomic E-state index is 0.616. The second kappa shape index (κ2) is 10.3. The van der Waals surface area contributed by atoms with Gasteiger partial charge in [-0.05, 0) is 24.3 Å². The van der Waals surface area contributed by atoms with Crippen LogP contribution < -0.4 is 0 Å². The van der Waals surface area contributed by atoms with E-state index in [1.54, 1.807) is 0 Å². The largest absolute Gasteiger partial charge is 0.0847 e. The highest BCUT2D eigenvalue weighted by molar-refractivity contribution is 6.31. The first kappa shape index (κ1) is 17.2. The van der Waals surface area contributed by atoms with Crippen molar-refractivity contribution in [3.8, 4) is 0 Å². The zero-order valence-electron chi connectivity index (χ0n) is 11.4. The monoisotopic (exact) mass is 230 g/mol. The maximum Gasteiger partial charge on any atom is 0.0368 e. The predicted molar refractivity (Wildman–Crippen MR) is 73.3 cm³/mol. The Morgan fingerprint density at radius 1 is 1.20 bits per heavy atom. The fourth-order valence-electron chi connectivity index (χ4n) is 1.39. The molecule has 0 saturated heterocycles. The maximum absolute atomic E-state index is 5.94. The van der Waals surface area contributed by atoms with Gasteiger partial charge in [-0.1, -0.05) is 71.7 Å². The molecule has 1 atom stereocenters. The second-order valence-electron chi connectivity index (χ2n) is 3.61. The molecule has 1 aliphatic carbocycles. The number of hydrogen-bond donors (Lipinski definition) is 0. The molecule has 0 bridgehead atoms. The molecular formula is C14H27Cl. The predicted octanol–water partition coefficient (Wildman–Crippen LogP) is 5.78. The highest BCUT2D eigenvalue weighted by Crippen LogP contribution is 2.28. The molecule has 1 aliphatic rings. The lowest BCUT2D eigenvalue weighted by atomic mass is 9.89. The van der Waals surface area contributed by atoms with Gasteiger partial charge in [-0.2, -0.15) is 0 Å². The SMILES string of the molecule is CC.CC.CC1C=C(Cl)C=C(C(C)C)C1. The first-order valence-electron chi connectivity index (χ1n) is 6.17. The lowest BCUT2D eigenvalue weighted by Gasteiger charge is -2.18. The van der Waals surface area contributed by atoms with Crippen molar-refractivity contribution >= 4 is 11.6 Å². The van der Waals surface area contributed by atoms with Gasteiger partial charge in [0.25, 0.3) is 0 Å². The molecule has 15 heavy (non-hydrogen) atoms. The van der Waals surface area contributed by atoms with Crippen LogP contribution in [-0.4, -0.2) is 0 Å². The fraction of sp³-hybridized carbons (Fsp3) is 0.714. The van der Waals surface area contributed by atoms with E-state index in [2.05, 4.69) is 32.9 Å². The van der Waals surface area contributed by atoms with Gasteiger partial charge in [0.15, 0.2) is 0 Å². The van der Waals surface area contributed by atoms with Crippen molar-refractivity contribution in [2.45, 2.75) is 54.9 Å². The van der Waals surface area contributed by atoms with E-state index in [9.17, 15) is 0 Å². The molecule has 0 aromatic carbocycles. The zero-order chi connectivity index (χ0) is 12.4. The quantitative estimate of drug-likeness (QED) is 0.535. The minimum Gasteiger partial charge on any atom is -0.0847 e. The summed E-state index contributed by atoms with van der Waals surface area (Å²) in [5.74, 6) is 1.25. The molecule has 0 amide bonds. The summed E-state index contributed by atoms with van der Waals surface area (Å²) < 4.78 is 0. The average molecular weight is 231 g/mol. The third-order valence-electron chi connectivity index (χ3n) is 2.07. The van der Waals surface area contributed by atoms with Crippen LogP contribution in [0.4, 0.5) is 0 Å².